The zero-order chi connectivity index (χ0) is 16.4. The van der Waals surface area contributed by atoms with Crippen LogP contribution in [0.4, 0.5) is 0 Å². The van der Waals surface area contributed by atoms with Crippen molar-refractivity contribution in [3.05, 3.63) is 29.8 Å². The van der Waals surface area contributed by atoms with Crippen molar-refractivity contribution in [1.82, 2.24) is 9.21 Å². The van der Waals surface area contributed by atoms with Gasteiger partial charge in [0, 0.05) is 32.2 Å². The summed E-state index contributed by atoms with van der Waals surface area (Å²) in [6, 6.07) is 8.07. The number of nitrogens with zero attached hydrogens (tertiary/aromatic N) is 2. The first-order chi connectivity index (χ1) is 11.0. The summed E-state index contributed by atoms with van der Waals surface area (Å²) in [5, 5.41) is 0. The molecule has 0 radical (unpaired) electrons. The Hall–Kier alpha value is -0.910. The molecule has 1 aromatic carbocycles. The van der Waals surface area contributed by atoms with Crippen LogP contribution < -0.4 is 0 Å². The minimum atomic E-state index is -3.34. The Labute approximate surface area is 140 Å². The van der Waals surface area contributed by atoms with Crippen LogP contribution in [0.5, 0.6) is 0 Å². The lowest BCUT2D eigenvalue weighted by Crippen LogP contribution is -2.51. The summed E-state index contributed by atoms with van der Waals surface area (Å²) < 4.78 is 27.3. The molecule has 1 aliphatic heterocycles. The minimum Gasteiger partial charge on any atom is -0.298 e. The van der Waals surface area contributed by atoms with Gasteiger partial charge in [0.15, 0.2) is 0 Å². The molecule has 0 atom stereocenters. The van der Waals surface area contributed by atoms with Gasteiger partial charge < -0.3 is 0 Å². The first kappa shape index (κ1) is 16.9. The van der Waals surface area contributed by atoms with E-state index in [4.69, 9.17) is 0 Å². The first-order valence-corrected chi connectivity index (χ1v) is 10.3. The van der Waals surface area contributed by atoms with E-state index in [1.807, 2.05) is 12.1 Å². The maximum absolute atomic E-state index is 12.8. The topological polar surface area (TPSA) is 40.6 Å². The third-order valence-electron chi connectivity index (χ3n) is 5.30. The van der Waals surface area contributed by atoms with Crippen molar-refractivity contribution in [2.24, 2.45) is 0 Å². The van der Waals surface area contributed by atoms with Crippen molar-refractivity contribution in [1.29, 1.82) is 0 Å². The van der Waals surface area contributed by atoms with Crippen LogP contribution in [0, 0.1) is 0 Å². The second kappa shape index (κ2) is 6.91. The summed E-state index contributed by atoms with van der Waals surface area (Å²) in [5.74, 6) is 0.418. The van der Waals surface area contributed by atoms with E-state index in [9.17, 15) is 8.42 Å². The van der Waals surface area contributed by atoms with Crippen LogP contribution >= 0.6 is 0 Å². The largest absolute Gasteiger partial charge is 0.298 e. The molecule has 4 nitrogen and oxygen atoms in total. The summed E-state index contributed by atoms with van der Waals surface area (Å²) >= 11 is 0. The molecule has 0 spiro atoms. The van der Waals surface area contributed by atoms with Crippen molar-refractivity contribution < 1.29 is 8.42 Å². The minimum absolute atomic E-state index is 0.418. The molecule has 1 saturated heterocycles. The van der Waals surface area contributed by atoms with Crippen LogP contribution in [0.3, 0.4) is 0 Å². The normalized spacial score (nSPS) is 22.0. The molecule has 1 aliphatic carbocycles. The number of piperazine rings is 1. The Morgan fingerprint density at radius 1 is 0.957 bits per heavy atom. The van der Waals surface area contributed by atoms with Gasteiger partial charge in [-0.3, -0.25) is 4.90 Å². The summed E-state index contributed by atoms with van der Waals surface area (Å²) in [6.45, 7) is 7.20. The lowest BCUT2D eigenvalue weighted by Gasteiger charge is -2.37. The van der Waals surface area contributed by atoms with E-state index in [1.165, 1.54) is 31.2 Å². The molecule has 128 valence electrons. The fraction of sp³-hybridized carbons (Fsp3) is 0.667. The number of benzene rings is 1. The summed E-state index contributed by atoms with van der Waals surface area (Å²) in [4.78, 5) is 2.91. The highest BCUT2D eigenvalue weighted by Crippen LogP contribution is 2.26. The predicted molar refractivity (Wildman–Crippen MR) is 93.1 cm³/mol. The monoisotopic (exact) mass is 336 g/mol. The van der Waals surface area contributed by atoms with E-state index in [0.717, 1.165) is 13.1 Å². The lowest BCUT2D eigenvalue weighted by molar-refractivity contribution is 0.139. The van der Waals surface area contributed by atoms with Gasteiger partial charge in [-0.2, -0.15) is 4.31 Å². The summed E-state index contributed by atoms with van der Waals surface area (Å²) in [7, 11) is -3.34. The fourth-order valence-electron chi connectivity index (χ4n) is 3.75. The third-order valence-corrected chi connectivity index (χ3v) is 7.21. The molecule has 23 heavy (non-hydrogen) atoms. The van der Waals surface area contributed by atoms with Crippen molar-refractivity contribution in [2.45, 2.75) is 56.4 Å². The van der Waals surface area contributed by atoms with Gasteiger partial charge in [0.25, 0.3) is 0 Å². The molecule has 2 fully saturated rings. The Morgan fingerprint density at radius 2 is 1.52 bits per heavy atom. The van der Waals surface area contributed by atoms with Crippen molar-refractivity contribution in [3.8, 4) is 0 Å². The molecule has 1 saturated carbocycles. The van der Waals surface area contributed by atoms with Crippen LogP contribution in [-0.4, -0.2) is 49.8 Å². The Bertz CT molecular complexity index is 611. The van der Waals surface area contributed by atoms with Crippen molar-refractivity contribution in [2.75, 3.05) is 26.2 Å². The van der Waals surface area contributed by atoms with Gasteiger partial charge >= 0.3 is 0 Å². The number of sulfonamides is 1. The van der Waals surface area contributed by atoms with E-state index in [-0.39, 0.29) is 0 Å². The molecule has 0 bridgehead atoms. The molecule has 1 aromatic rings. The van der Waals surface area contributed by atoms with E-state index in [1.54, 1.807) is 16.4 Å². The summed E-state index contributed by atoms with van der Waals surface area (Å²) in [6.07, 6.45) is 5.21. The fourth-order valence-corrected chi connectivity index (χ4v) is 5.17. The van der Waals surface area contributed by atoms with Gasteiger partial charge in [-0.1, -0.05) is 38.8 Å². The molecular weight excluding hydrogens is 308 g/mol. The second-order valence-electron chi connectivity index (χ2n) is 7.10. The van der Waals surface area contributed by atoms with E-state index >= 15 is 0 Å². The molecule has 5 heteroatoms. The number of rotatable bonds is 4. The SMILES string of the molecule is CC(C)c1ccc(S(=O)(=O)N2CCN(C3CCCC3)CC2)cc1. The first-order valence-electron chi connectivity index (χ1n) is 8.82. The van der Waals surface area contributed by atoms with E-state index in [2.05, 4.69) is 18.7 Å². The van der Waals surface area contributed by atoms with Crippen LogP contribution in [0.1, 0.15) is 51.0 Å². The third kappa shape index (κ3) is 3.62. The smallest absolute Gasteiger partial charge is 0.243 e. The zero-order valence-corrected chi connectivity index (χ0v) is 15.1. The second-order valence-corrected chi connectivity index (χ2v) is 9.04. The van der Waals surface area contributed by atoms with Gasteiger partial charge in [0.1, 0.15) is 0 Å². The predicted octanol–water partition coefficient (Wildman–Crippen LogP) is 3.06. The Morgan fingerprint density at radius 3 is 2.04 bits per heavy atom. The highest BCUT2D eigenvalue weighted by molar-refractivity contribution is 7.89. The summed E-state index contributed by atoms with van der Waals surface area (Å²) in [5.41, 5.74) is 1.18. The van der Waals surface area contributed by atoms with Crippen LogP contribution in [-0.2, 0) is 10.0 Å². The van der Waals surface area contributed by atoms with Gasteiger partial charge in [-0.25, -0.2) is 8.42 Å². The quantitative estimate of drug-likeness (QED) is 0.848. The van der Waals surface area contributed by atoms with Crippen molar-refractivity contribution in [3.63, 3.8) is 0 Å². The molecule has 0 unspecified atom stereocenters. The molecule has 0 aromatic heterocycles. The highest BCUT2D eigenvalue weighted by atomic mass is 32.2. The van der Waals surface area contributed by atoms with Gasteiger partial charge in [0.2, 0.25) is 10.0 Å². The maximum Gasteiger partial charge on any atom is 0.243 e. The lowest BCUT2D eigenvalue weighted by atomic mass is 10.0. The molecular formula is C18H28N2O2S. The van der Waals surface area contributed by atoms with Gasteiger partial charge in [0.05, 0.1) is 4.90 Å². The molecule has 2 aliphatic rings. The molecule has 1 heterocycles. The van der Waals surface area contributed by atoms with Crippen LogP contribution in [0.25, 0.3) is 0 Å². The highest BCUT2D eigenvalue weighted by Gasteiger charge is 2.31. The number of hydrogen-bond acceptors (Lipinski definition) is 3. The Kier molecular flexibility index (Phi) is 5.09. The Balaban J connectivity index is 1.66. The van der Waals surface area contributed by atoms with Gasteiger partial charge in [-0.15, -0.1) is 0 Å². The van der Waals surface area contributed by atoms with Crippen LogP contribution in [0.2, 0.25) is 0 Å². The van der Waals surface area contributed by atoms with Crippen LogP contribution in [0.15, 0.2) is 29.2 Å². The van der Waals surface area contributed by atoms with Crippen molar-refractivity contribution >= 4 is 10.0 Å². The maximum atomic E-state index is 12.8. The molecule has 0 N–H and O–H groups in total. The van der Waals surface area contributed by atoms with E-state index < -0.39 is 10.0 Å². The average Bonchev–Trinajstić information content (AvgIpc) is 3.09. The number of hydrogen-bond donors (Lipinski definition) is 0. The average molecular weight is 337 g/mol. The van der Waals surface area contributed by atoms with E-state index in [0.29, 0.717) is 29.9 Å². The zero-order valence-electron chi connectivity index (χ0n) is 14.2. The standard InChI is InChI=1S/C18H28N2O2S/c1-15(2)16-7-9-18(10-8-16)23(21,22)20-13-11-19(12-14-20)17-5-3-4-6-17/h7-10,15,17H,3-6,11-14H2,1-2H3. The molecule has 3 rings (SSSR count). The molecule has 0 amide bonds. The van der Waals surface area contributed by atoms with Gasteiger partial charge in [-0.05, 0) is 36.5 Å².